The van der Waals surface area contributed by atoms with Gasteiger partial charge in [0.2, 0.25) is 0 Å². The number of quaternary nitrogens is 1. The first-order chi connectivity index (χ1) is 11.8. The molecule has 0 saturated heterocycles. The Balaban J connectivity index is 1.80. The molecule has 1 atom stereocenters. The van der Waals surface area contributed by atoms with E-state index in [9.17, 15) is 0 Å². The summed E-state index contributed by atoms with van der Waals surface area (Å²) in [7, 11) is 5.00. The molecule has 0 aliphatic heterocycles. The molecule has 0 heterocycles. The molecule has 0 aromatic heterocycles. The van der Waals surface area contributed by atoms with Crippen LogP contribution in [0, 0.1) is 0 Å². The van der Waals surface area contributed by atoms with Crippen LogP contribution in [0.2, 0.25) is 0 Å². The second kappa shape index (κ2) is 7.58. The van der Waals surface area contributed by atoms with Gasteiger partial charge >= 0.3 is 0 Å². The fourth-order valence-electron chi connectivity index (χ4n) is 3.56. The van der Waals surface area contributed by atoms with Crippen molar-refractivity contribution in [3.05, 3.63) is 53.1 Å². The third-order valence-electron chi connectivity index (χ3n) is 4.82. The minimum absolute atomic E-state index is 0.507. The van der Waals surface area contributed by atoms with Crippen molar-refractivity contribution in [2.24, 2.45) is 0 Å². The van der Waals surface area contributed by atoms with Crippen molar-refractivity contribution in [2.45, 2.75) is 31.8 Å². The van der Waals surface area contributed by atoms with Gasteiger partial charge in [-0.25, -0.2) is 0 Å². The molecule has 0 bridgehead atoms. The zero-order valence-electron chi connectivity index (χ0n) is 14.7. The summed E-state index contributed by atoms with van der Waals surface area (Å²) < 4.78 is 16.3. The topological polar surface area (TPSA) is 44.3 Å². The Labute approximate surface area is 143 Å². The molecule has 24 heavy (non-hydrogen) atoms. The number of fused-ring (bicyclic) bond motifs is 1. The summed E-state index contributed by atoms with van der Waals surface area (Å²) in [4.78, 5) is 0. The van der Waals surface area contributed by atoms with E-state index in [0.29, 0.717) is 11.8 Å². The van der Waals surface area contributed by atoms with E-state index in [1.54, 1.807) is 21.3 Å². The number of benzene rings is 2. The van der Waals surface area contributed by atoms with E-state index in [4.69, 9.17) is 14.2 Å². The number of aryl methyl sites for hydroxylation is 1. The summed E-state index contributed by atoms with van der Waals surface area (Å²) in [5.74, 6) is 2.28. The molecule has 0 spiro atoms. The van der Waals surface area contributed by atoms with Crippen LogP contribution >= 0.6 is 0 Å². The van der Waals surface area contributed by atoms with Gasteiger partial charge in [0, 0.05) is 18.1 Å². The van der Waals surface area contributed by atoms with Crippen molar-refractivity contribution in [3.63, 3.8) is 0 Å². The Bertz CT molecular complexity index is 699. The zero-order valence-corrected chi connectivity index (χ0v) is 14.7. The minimum Gasteiger partial charge on any atom is -0.496 e. The molecule has 4 heteroatoms. The number of methoxy groups -OCH3 is 3. The third-order valence-corrected chi connectivity index (χ3v) is 4.82. The normalized spacial score (nSPS) is 16.4. The fourth-order valence-corrected chi connectivity index (χ4v) is 3.56. The summed E-state index contributed by atoms with van der Waals surface area (Å²) in [5, 5.41) is 2.40. The lowest BCUT2D eigenvalue weighted by atomic mass is 9.87. The van der Waals surface area contributed by atoms with Crippen molar-refractivity contribution >= 4 is 0 Å². The first-order valence-corrected chi connectivity index (χ1v) is 8.46. The second-order valence-electron chi connectivity index (χ2n) is 6.16. The molecule has 2 aromatic carbocycles. The average Bonchev–Trinajstić information content (AvgIpc) is 2.65. The van der Waals surface area contributed by atoms with Gasteiger partial charge in [0.05, 0.1) is 26.9 Å². The van der Waals surface area contributed by atoms with E-state index in [1.807, 2.05) is 12.1 Å². The molecular weight excluding hydrogens is 302 g/mol. The number of hydrogen-bond donors (Lipinski definition) is 1. The molecule has 4 nitrogen and oxygen atoms in total. The summed E-state index contributed by atoms with van der Waals surface area (Å²) in [6, 6.07) is 13.2. The summed E-state index contributed by atoms with van der Waals surface area (Å²) in [6.45, 7) is 0.850. The highest BCUT2D eigenvalue weighted by Crippen LogP contribution is 2.34. The van der Waals surface area contributed by atoms with E-state index in [-0.39, 0.29) is 0 Å². The van der Waals surface area contributed by atoms with Gasteiger partial charge < -0.3 is 19.5 Å². The molecule has 1 aliphatic rings. The van der Waals surface area contributed by atoms with Gasteiger partial charge in [-0.3, -0.25) is 0 Å². The van der Waals surface area contributed by atoms with Crippen LogP contribution < -0.4 is 19.5 Å². The van der Waals surface area contributed by atoms with Crippen molar-refractivity contribution in [3.8, 4) is 17.2 Å². The Morgan fingerprint density at radius 1 is 0.958 bits per heavy atom. The van der Waals surface area contributed by atoms with Crippen LogP contribution in [-0.2, 0) is 13.0 Å². The molecule has 3 rings (SSSR count). The summed E-state index contributed by atoms with van der Waals surface area (Å²) >= 11 is 0. The first kappa shape index (κ1) is 16.7. The van der Waals surface area contributed by atoms with E-state index in [0.717, 1.165) is 23.6 Å². The van der Waals surface area contributed by atoms with Gasteiger partial charge in [-0.1, -0.05) is 24.3 Å². The maximum absolute atomic E-state index is 5.54. The smallest absolute Gasteiger partial charge is 0.164 e. The monoisotopic (exact) mass is 328 g/mol. The highest BCUT2D eigenvalue weighted by molar-refractivity contribution is 5.50. The van der Waals surface area contributed by atoms with Crippen molar-refractivity contribution in [2.75, 3.05) is 21.3 Å². The fraction of sp³-hybridized carbons (Fsp3) is 0.400. The quantitative estimate of drug-likeness (QED) is 0.887. The van der Waals surface area contributed by atoms with Gasteiger partial charge in [0.25, 0.3) is 0 Å². The van der Waals surface area contributed by atoms with E-state index >= 15 is 0 Å². The van der Waals surface area contributed by atoms with Crippen molar-refractivity contribution in [1.29, 1.82) is 0 Å². The van der Waals surface area contributed by atoms with Gasteiger partial charge in [-0.05, 0) is 24.5 Å². The van der Waals surface area contributed by atoms with Crippen LogP contribution in [0.25, 0.3) is 0 Å². The molecule has 0 saturated carbocycles. The zero-order chi connectivity index (χ0) is 16.9. The maximum atomic E-state index is 5.54. The average molecular weight is 328 g/mol. The van der Waals surface area contributed by atoms with E-state index < -0.39 is 0 Å². The largest absolute Gasteiger partial charge is 0.496 e. The number of nitrogens with two attached hydrogens (primary N) is 1. The molecule has 128 valence electrons. The molecule has 1 unspecified atom stereocenters. The summed E-state index contributed by atoms with van der Waals surface area (Å²) in [5.41, 5.74) is 4.09. The Morgan fingerprint density at radius 3 is 2.42 bits per heavy atom. The SMILES string of the molecule is COc1cc(OC)c(OC)cc1C[NH2+]C1CCCc2ccccc21. The van der Waals surface area contributed by atoms with E-state index in [2.05, 4.69) is 29.6 Å². The van der Waals surface area contributed by atoms with Gasteiger partial charge in [0.15, 0.2) is 11.5 Å². The van der Waals surface area contributed by atoms with Gasteiger partial charge in [0.1, 0.15) is 18.3 Å². The highest BCUT2D eigenvalue weighted by atomic mass is 16.5. The second-order valence-corrected chi connectivity index (χ2v) is 6.16. The standard InChI is InChI=1S/C20H25NO3/c1-22-18-12-20(24-3)19(23-2)11-15(18)13-21-17-10-6-8-14-7-4-5-9-16(14)17/h4-5,7,9,11-12,17,21H,6,8,10,13H2,1-3H3/p+1. The van der Waals surface area contributed by atoms with Gasteiger partial charge in [-0.15, -0.1) is 0 Å². The van der Waals surface area contributed by atoms with Crippen molar-refractivity contribution < 1.29 is 19.5 Å². The van der Waals surface area contributed by atoms with Gasteiger partial charge in [-0.2, -0.15) is 0 Å². The summed E-state index contributed by atoms with van der Waals surface area (Å²) in [6.07, 6.45) is 3.66. The Hall–Kier alpha value is -2.20. The van der Waals surface area contributed by atoms with Crippen LogP contribution in [-0.4, -0.2) is 21.3 Å². The predicted molar refractivity (Wildman–Crippen MR) is 93.8 cm³/mol. The minimum atomic E-state index is 0.507. The molecule has 1 aliphatic carbocycles. The number of rotatable bonds is 6. The lowest BCUT2D eigenvalue weighted by molar-refractivity contribution is -0.712. The highest BCUT2D eigenvalue weighted by Gasteiger charge is 2.23. The van der Waals surface area contributed by atoms with Crippen LogP contribution in [0.1, 0.15) is 35.6 Å². The lowest BCUT2D eigenvalue weighted by Gasteiger charge is -2.24. The molecule has 2 aromatic rings. The predicted octanol–water partition coefficient (Wildman–Crippen LogP) is 2.85. The van der Waals surface area contributed by atoms with Crippen molar-refractivity contribution in [1.82, 2.24) is 0 Å². The Kier molecular flexibility index (Phi) is 5.26. The Morgan fingerprint density at radius 2 is 1.67 bits per heavy atom. The molecule has 0 radical (unpaired) electrons. The van der Waals surface area contributed by atoms with Crippen LogP contribution in [0.3, 0.4) is 0 Å². The first-order valence-electron chi connectivity index (χ1n) is 8.46. The number of ether oxygens (including phenoxy) is 3. The van der Waals surface area contributed by atoms with Crippen LogP contribution in [0.15, 0.2) is 36.4 Å². The third kappa shape index (κ3) is 3.34. The number of hydrogen-bond acceptors (Lipinski definition) is 3. The molecule has 0 fully saturated rings. The maximum Gasteiger partial charge on any atom is 0.164 e. The molecule has 2 N–H and O–H groups in total. The lowest BCUT2D eigenvalue weighted by Crippen LogP contribution is -2.84. The molecule has 0 amide bonds. The van der Waals surface area contributed by atoms with E-state index in [1.165, 1.54) is 30.4 Å². The van der Waals surface area contributed by atoms with Crippen LogP contribution in [0.5, 0.6) is 17.2 Å². The molecular formula is C20H26NO3+. The van der Waals surface area contributed by atoms with Crippen LogP contribution in [0.4, 0.5) is 0 Å².